The fourth-order valence-corrected chi connectivity index (χ4v) is 4.72. The molecule has 0 spiro atoms. The van der Waals surface area contributed by atoms with E-state index < -0.39 is 20.8 Å². The smallest absolute Gasteiger partial charge is 0.243 e. The van der Waals surface area contributed by atoms with Gasteiger partial charge < -0.3 is 5.32 Å². The van der Waals surface area contributed by atoms with Gasteiger partial charge in [-0.25, -0.2) is 8.42 Å². The Morgan fingerprint density at radius 2 is 1.79 bits per heavy atom. The summed E-state index contributed by atoms with van der Waals surface area (Å²) in [7, 11) is -2.47. The summed E-state index contributed by atoms with van der Waals surface area (Å²) in [5.41, 5.74) is 1.04. The number of nitrogens with zero attached hydrogens (tertiary/aromatic N) is 1. The number of sulfonamides is 1. The molecule has 1 saturated heterocycles. The highest BCUT2D eigenvalue weighted by Crippen LogP contribution is 2.18. The summed E-state index contributed by atoms with van der Waals surface area (Å²) >= 11 is 0. The van der Waals surface area contributed by atoms with E-state index in [4.69, 9.17) is 0 Å². The monoisotopic (exact) mass is 302 g/mol. The van der Waals surface area contributed by atoms with Gasteiger partial charge in [-0.15, -0.1) is 0 Å². The predicted molar refractivity (Wildman–Crippen MR) is 75.8 cm³/mol. The van der Waals surface area contributed by atoms with Crippen LogP contribution in [0.25, 0.3) is 0 Å². The zero-order valence-corrected chi connectivity index (χ0v) is 12.5. The number of hydrogen-bond donors (Lipinski definition) is 1. The van der Waals surface area contributed by atoms with Crippen molar-refractivity contribution in [2.75, 3.05) is 31.6 Å². The number of benzene rings is 1. The third kappa shape index (κ3) is 3.42. The van der Waals surface area contributed by atoms with Crippen LogP contribution in [-0.2, 0) is 27.4 Å². The number of hydrogen-bond acceptors (Lipinski definition) is 4. The topological polar surface area (TPSA) is 66.5 Å². The first-order valence-corrected chi connectivity index (χ1v) is 9.05. The van der Waals surface area contributed by atoms with E-state index in [0.717, 1.165) is 5.56 Å². The lowest BCUT2D eigenvalue weighted by atomic mass is 10.2. The first kappa shape index (κ1) is 14.6. The van der Waals surface area contributed by atoms with Crippen molar-refractivity contribution in [3.05, 3.63) is 29.8 Å². The molecule has 0 atom stereocenters. The minimum atomic E-state index is -3.44. The molecule has 2 rings (SSSR count). The van der Waals surface area contributed by atoms with Crippen LogP contribution in [0.4, 0.5) is 0 Å². The Morgan fingerprint density at radius 3 is 2.32 bits per heavy atom. The lowest BCUT2D eigenvalue weighted by Crippen LogP contribution is -2.41. The van der Waals surface area contributed by atoms with Crippen molar-refractivity contribution in [1.82, 2.24) is 9.62 Å². The molecule has 0 amide bonds. The maximum Gasteiger partial charge on any atom is 0.243 e. The first-order valence-electron chi connectivity index (χ1n) is 6.12. The van der Waals surface area contributed by atoms with E-state index >= 15 is 0 Å². The van der Waals surface area contributed by atoms with Gasteiger partial charge in [0.05, 0.1) is 4.90 Å². The van der Waals surface area contributed by atoms with Crippen LogP contribution in [-0.4, -0.2) is 48.6 Å². The maximum absolute atomic E-state index is 12.4. The van der Waals surface area contributed by atoms with Crippen molar-refractivity contribution in [3.63, 3.8) is 0 Å². The highest BCUT2D eigenvalue weighted by molar-refractivity contribution is 7.89. The van der Waals surface area contributed by atoms with Gasteiger partial charge in [0.2, 0.25) is 10.0 Å². The van der Waals surface area contributed by atoms with Crippen molar-refractivity contribution in [2.24, 2.45) is 0 Å². The molecule has 1 heterocycles. The number of rotatable bonds is 4. The molecule has 19 heavy (non-hydrogen) atoms. The SMILES string of the molecule is CNCc1ccc(S(=O)(=O)N2CCS(=O)CC2)cc1. The second-order valence-electron chi connectivity index (χ2n) is 4.43. The van der Waals surface area contributed by atoms with Gasteiger partial charge >= 0.3 is 0 Å². The highest BCUT2D eigenvalue weighted by atomic mass is 32.2. The molecule has 1 aromatic rings. The van der Waals surface area contributed by atoms with Crippen LogP contribution in [0.3, 0.4) is 0 Å². The average Bonchev–Trinajstić information content (AvgIpc) is 2.40. The molecule has 0 saturated carbocycles. The second-order valence-corrected chi connectivity index (χ2v) is 8.06. The summed E-state index contributed by atoms with van der Waals surface area (Å²) in [6, 6.07) is 6.89. The summed E-state index contributed by atoms with van der Waals surface area (Å²) in [4.78, 5) is 0.306. The Balaban J connectivity index is 2.17. The molecule has 0 unspecified atom stereocenters. The van der Waals surface area contributed by atoms with Crippen molar-refractivity contribution in [2.45, 2.75) is 11.4 Å². The minimum absolute atomic E-state index is 0.306. The van der Waals surface area contributed by atoms with E-state index in [9.17, 15) is 12.6 Å². The fourth-order valence-electron chi connectivity index (χ4n) is 1.99. The molecule has 1 aliphatic heterocycles. The lowest BCUT2D eigenvalue weighted by molar-refractivity contribution is 0.438. The van der Waals surface area contributed by atoms with Crippen molar-refractivity contribution in [1.29, 1.82) is 0 Å². The van der Waals surface area contributed by atoms with E-state index in [-0.39, 0.29) is 0 Å². The van der Waals surface area contributed by atoms with E-state index in [1.165, 1.54) is 4.31 Å². The van der Waals surface area contributed by atoms with Crippen LogP contribution < -0.4 is 5.32 Å². The van der Waals surface area contributed by atoms with Crippen LogP contribution in [0.2, 0.25) is 0 Å². The van der Waals surface area contributed by atoms with Crippen LogP contribution >= 0.6 is 0 Å². The van der Waals surface area contributed by atoms with E-state index in [0.29, 0.717) is 36.0 Å². The molecule has 1 N–H and O–H groups in total. The van der Waals surface area contributed by atoms with Gasteiger partial charge in [-0.1, -0.05) is 12.1 Å². The zero-order valence-electron chi connectivity index (χ0n) is 10.8. The molecule has 0 radical (unpaired) electrons. The first-order chi connectivity index (χ1) is 9.04. The van der Waals surface area contributed by atoms with Crippen molar-refractivity contribution < 1.29 is 12.6 Å². The van der Waals surface area contributed by atoms with Crippen LogP contribution in [0, 0.1) is 0 Å². The van der Waals surface area contributed by atoms with E-state index in [1.807, 2.05) is 19.2 Å². The van der Waals surface area contributed by atoms with Gasteiger partial charge in [-0.2, -0.15) is 4.31 Å². The normalized spacial score (nSPS) is 18.6. The third-order valence-corrected chi connectivity index (χ3v) is 6.27. The van der Waals surface area contributed by atoms with Crippen molar-refractivity contribution in [3.8, 4) is 0 Å². The Hall–Kier alpha value is -0.760. The highest BCUT2D eigenvalue weighted by Gasteiger charge is 2.27. The molecule has 0 aliphatic carbocycles. The molecule has 1 aliphatic rings. The summed E-state index contributed by atoms with van der Waals surface area (Å²) in [6.45, 7) is 1.39. The lowest BCUT2D eigenvalue weighted by Gasteiger charge is -2.25. The Bertz CT molecular complexity index is 545. The molecule has 1 fully saturated rings. The Labute approximate surface area is 116 Å². The summed E-state index contributed by atoms with van der Waals surface area (Å²) < 4.78 is 37.4. The fraction of sp³-hybridized carbons (Fsp3) is 0.500. The zero-order chi connectivity index (χ0) is 13.9. The van der Waals surface area contributed by atoms with Gasteiger partial charge in [0.15, 0.2) is 0 Å². The molecule has 1 aromatic carbocycles. The van der Waals surface area contributed by atoms with Gasteiger partial charge in [0.25, 0.3) is 0 Å². The van der Waals surface area contributed by atoms with Crippen molar-refractivity contribution >= 4 is 20.8 Å². The minimum Gasteiger partial charge on any atom is -0.316 e. The summed E-state index contributed by atoms with van der Waals surface area (Å²) in [5, 5.41) is 3.02. The molecular weight excluding hydrogens is 284 g/mol. The molecule has 5 nitrogen and oxygen atoms in total. The molecule has 106 valence electrons. The van der Waals surface area contributed by atoms with Gasteiger partial charge in [0.1, 0.15) is 0 Å². The van der Waals surface area contributed by atoms with Crippen LogP contribution in [0.15, 0.2) is 29.2 Å². The summed E-state index contributed by atoms with van der Waals surface area (Å²) in [6.07, 6.45) is 0. The predicted octanol–water partition coefficient (Wildman–Crippen LogP) is 0.159. The molecule has 0 bridgehead atoms. The van der Waals surface area contributed by atoms with E-state index in [1.54, 1.807) is 12.1 Å². The molecule has 0 aromatic heterocycles. The van der Waals surface area contributed by atoms with Gasteiger partial charge in [0, 0.05) is 41.9 Å². The Morgan fingerprint density at radius 1 is 1.21 bits per heavy atom. The largest absolute Gasteiger partial charge is 0.316 e. The molecule has 7 heteroatoms. The van der Waals surface area contributed by atoms with Crippen LogP contribution in [0.1, 0.15) is 5.56 Å². The third-order valence-electron chi connectivity index (χ3n) is 3.08. The maximum atomic E-state index is 12.4. The molecular formula is C12H18N2O3S2. The summed E-state index contributed by atoms with van der Waals surface area (Å²) in [5.74, 6) is 0.855. The standard InChI is InChI=1S/C12H18N2O3S2/c1-13-10-11-2-4-12(5-3-11)19(16,17)14-6-8-18(15)9-7-14/h2-5,13H,6-10H2,1H3. The quantitative estimate of drug-likeness (QED) is 0.860. The van der Waals surface area contributed by atoms with E-state index in [2.05, 4.69) is 5.32 Å². The van der Waals surface area contributed by atoms with Gasteiger partial charge in [-0.05, 0) is 24.7 Å². The average molecular weight is 302 g/mol. The van der Waals surface area contributed by atoms with Gasteiger partial charge in [-0.3, -0.25) is 4.21 Å². The van der Waals surface area contributed by atoms with Crippen LogP contribution in [0.5, 0.6) is 0 Å². The number of nitrogens with one attached hydrogen (secondary N) is 1. The second kappa shape index (κ2) is 6.13. The Kier molecular flexibility index (Phi) is 4.72.